The number of hydrogen-bond acceptors (Lipinski definition) is 4. The van der Waals surface area contributed by atoms with E-state index in [4.69, 9.17) is 16.3 Å². The van der Waals surface area contributed by atoms with Gasteiger partial charge in [0.25, 0.3) is 0 Å². The monoisotopic (exact) mass is 256 g/mol. The number of ether oxygens (including phenoxy) is 2. The molecule has 3 nitrogen and oxygen atoms in total. The number of fused-ring (bicyclic) bond motifs is 1. The van der Waals surface area contributed by atoms with E-state index in [1.54, 1.807) is 13.2 Å². The van der Waals surface area contributed by atoms with Gasteiger partial charge in [0.05, 0.1) is 30.2 Å². The summed E-state index contributed by atoms with van der Waals surface area (Å²) in [6.07, 6.45) is 0. The molecule has 0 amide bonds. The molecule has 0 saturated carbocycles. The highest BCUT2D eigenvalue weighted by Gasteiger charge is 2.17. The molecule has 0 N–H and O–H groups in total. The van der Waals surface area contributed by atoms with Crippen LogP contribution in [-0.4, -0.2) is 20.2 Å². The van der Waals surface area contributed by atoms with Crippen LogP contribution in [0.2, 0.25) is 5.02 Å². The van der Waals surface area contributed by atoms with Gasteiger partial charge in [0.2, 0.25) is 0 Å². The number of carbonyl (C=O) groups excluding carboxylic acids is 1. The summed E-state index contributed by atoms with van der Waals surface area (Å²) in [5.74, 6) is 0.232. The predicted octanol–water partition coefficient (Wildman–Crippen LogP) is 3.35. The van der Waals surface area contributed by atoms with Crippen molar-refractivity contribution in [3.05, 3.63) is 28.1 Å². The molecule has 1 aromatic heterocycles. The van der Waals surface area contributed by atoms with Crippen LogP contribution in [0.1, 0.15) is 10.4 Å². The van der Waals surface area contributed by atoms with Crippen molar-refractivity contribution in [3.63, 3.8) is 0 Å². The highest BCUT2D eigenvalue weighted by atomic mass is 35.5. The molecular formula is C11H9ClO3S. The lowest BCUT2D eigenvalue weighted by molar-refractivity contribution is 0.0601. The molecule has 0 unspecified atom stereocenters. The van der Waals surface area contributed by atoms with Crippen molar-refractivity contribution in [1.29, 1.82) is 0 Å². The number of methoxy groups -OCH3 is 2. The van der Waals surface area contributed by atoms with Crippen molar-refractivity contribution in [2.45, 2.75) is 0 Å². The Balaban J connectivity index is 2.71. The molecule has 84 valence electrons. The normalized spacial score (nSPS) is 10.4. The van der Waals surface area contributed by atoms with E-state index < -0.39 is 5.97 Å². The summed E-state index contributed by atoms with van der Waals surface area (Å²) in [6.45, 7) is 0. The van der Waals surface area contributed by atoms with Crippen molar-refractivity contribution < 1.29 is 14.3 Å². The maximum atomic E-state index is 11.5. The van der Waals surface area contributed by atoms with Crippen LogP contribution in [0.3, 0.4) is 0 Å². The maximum absolute atomic E-state index is 11.5. The second-order valence-electron chi connectivity index (χ2n) is 3.10. The number of thiophene rings is 1. The fourth-order valence-electron chi connectivity index (χ4n) is 1.48. The van der Waals surface area contributed by atoms with Gasteiger partial charge in [-0.1, -0.05) is 11.6 Å². The number of halogens is 1. The van der Waals surface area contributed by atoms with Crippen LogP contribution in [0.4, 0.5) is 0 Å². The minimum absolute atomic E-state index is 0.355. The minimum atomic E-state index is -0.444. The molecule has 2 rings (SSSR count). The van der Waals surface area contributed by atoms with Gasteiger partial charge in [-0.25, -0.2) is 4.79 Å². The fraction of sp³-hybridized carbons (Fsp3) is 0.182. The molecule has 0 aliphatic rings. The number of carbonyl (C=O) groups is 1. The lowest BCUT2D eigenvalue weighted by atomic mass is 10.1. The standard InChI is InChI=1S/C11H9ClO3S/c1-14-7-5-16-8-4-3-6(11(13)15-2)10(12)9(7)8/h3-5H,1-2H3. The molecule has 0 bridgehead atoms. The molecule has 0 atom stereocenters. The summed E-state index contributed by atoms with van der Waals surface area (Å²) in [5.41, 5.74) is 0.355. The van der Waals surface area contributed by atoms with Crippen molar-refractivity contribution >= 4 is 39.0 Å². The smallest absolute Gasteiger partial charge is 0.339 e. The van der Waals surface area contributed by atoms with Crippen molar-refractivity contribution in [2.75, 3.05) is 14.2 Å². The summed E-state index contributed by atoms with van der Waals surface area (Å²) in [5, 5.41) is 3.00. The third kappa shape index (κ3) is 1.64. The van der Waals surface area contributed by atoms with Crippen molar-refractivity contribution in [1.82, 2.24) is 0 Å². The zero-order chi connectivity index (χ0) is 11.7. The Morgan fingerprint density at radius 3 is 2.75 bits per heavy atom. The minimum Gasteiger partial charge on any atom is -0.495 e. The second-order valence-corrected chi connectivity index (χ2v) is 4.39. The molecule has 0 radical (unpaired) electrons. The van der Waals surface area contributed by atoms with Gasteiger partial charge in [-0.3, -0.25) is 0 Å². The van der Waals surface area contributed by atoms with Crippen molar-refractivity contribution in [3.8, 4) is 5.75 Å². The number of benzene rings is 1. The summed E-state index contributed by atoms with van der Waals surface area (Å²) < 4.78 is 10.8. The van der Waals surface area contributed by atoms with E-state index in [1.807, 2.05) is 11.4 Å². The molecule has 1 aromatic carbocycles. The van der Waals surface area contributed by atoms with Gasteiger partial charge in [-0.05, 0) is 12.1 Å². The lowest BCUT2D eigenvalue weighted by Gasteiger charge is -2.04. The largest absolute Gasteiger partial charge is 0.495 e. The molecule has 5 heteroatoms. The van der Waals surface area contributed by atoms with Crippen LogP contribution in [0.15, 0.2) is 17.5 Å². The summed E-state index contributed by atoms with van der Waals surface area (Å²) in [6, 6.07) is 3.49. The highest BCUT2D eigenvalue weighted by Crippen LogP contribution is 2.39. The van der Waals surface area contributed by atoms with Crippen LogP contribution in [0, 0.1) is 0 Å². The van der Waals surface area contributed by atoms with Crippen molar-refractivity contribution in [2.24, 2.45) is 0 Å². The lowest BCUT2D eigenvalue weighted by Crippen LogP contribution is -2.01. The number of rotatable bonds is 2. The Morgan fingerprint density at radius 1 is 1.38 bits per heavy atom. The Hall–Kier alpha value is -1.26. The second kappa shape index (κ2) is 4.31. The van der Waals surface area contributed by atoms with E-state index in [1.165, 1.54) is 18.4 Å². The van der Waals surface area contributed by atoms with Gasteiger partial charge >= 0.3 is 5.97 Å². The van der Waals surface area contributed by atoms with E-state index in [2.05, 4.69) is 4.74 Å². The first-order valence-electron chi connectivity index (χ1n) is 4.51. The van der Waals surface area contributed by atoms with Crippen LogP contribution < -0.4 is 4.74 Å². The number of hydrogen-bond donors (Lipinski definition) is 0. The molecule has 2 aromatic rings. The van der Waals surface area contributed by atoms with E-state index in [9.17, 15) is 4.79 Å². The van der Waals surface area contributed by atoms with E-state index >= 15 is 0 Å². The summed E-state index contributed by atoms with van der Waals surface area (Å²) >= 11 is 7.69. The molecule has 16 heavy (non-hydrogen) atoms. The molecule has 0 saturated heterocycles. The molecular weight excluding hydrogens is 248 g/mol. The van der Waals surface area contributed by atoms with Gasteiger partial charge < -0.3 is 9.47 Å². The first-order chi connectivity index (χ1) is 7.69. The summed E-state index contributed by atoms with van der Waals surface area (Å²) in [4.78, 5) is 11.5. The molecule has 0 spiro atoms. The average molecular weight is 257 g/mol. The van der Waals surface area contributed by atoms with Gasteiger partial charge in [0.15, 0.2) is 0 Å². The molecule has 0 aliphatic heterocycles. The zero-order valence-electron chi connectivity index (χ0n) is 8.74. The topological polar surface area (TPSA) is 35.5 Å². The number of esters is 1. The Bertz CT molecular complexity index is 547. The SMILES string of the molecule is COC(=O)c1ccc2scc(OC)c2c1Cl. The van der Waals surface area contributed by atoms with Crippen LogP contribution in [0.5, 0.6) is 5.75 Å². The van der Waals surface area contributed by atoms with Gasteiger partial charge in [-0.15, -0.1) is 11.3 Å². The summed E-state index contributed by atoms with van der Waals surface area (Å²) in [7, 11) is 2.90. The van der Waals surface area contributed by atoms with E-state index in [-0.39, 0.29) is 0 Å². The maximum Gasteiger partial charge on any atom is 0.339 e. The highest BCUT2D eigenvalue weighted by molar-refractivity contribution is 7.17. The van der Waals surface area contributed by atoms with E-state index in [0.29, 0.717) is 16.3 Å². The Morgan fingerprint density at radius 2 is 2.12 bits per heavy atom. The quantitative estimate of drug-likeness (QED) is 0.773. The Labute approximate surface area is 102 Å². The third-order valence-corrected chi connectivity index (χ3v) is 3.59. The molecule has 1 heterocycles. The average Bonchev–Trinajstić information content (AvgIpc) is 2.72. The molecule has 0 fully saturated rings. The Kier molecular flexibility index (Phi) is 3.03. The fourth-order valence-corrected chi connectivity index (χ4v) is 2.79. The van der Waals surface area contributed by atoms with Crippen LogP contribution in [-0.2, 0) is 4.74 Å². The van der Waals surface area contributed by atoms with Crippen LogP contribution >= 0.6 is 22.9 Å². The van der Waals surface area contributed by atoms with Gasteiger partial charge in [0.1, 0.15) is 5.75 Å². The van der Waals surface area contributed by atoms with Gasteiger partial charge in [0, 0.05) is 10.1 Å². The predicted molar refractivity (Wildman–Crippen MR) is 64.7 cm³/mol. The van der Waals surface area contributed by atoms with Gasteiger partial charge in [-0.2, -0.15) is 0 Å². The molecule has 0 aliphatic carbocycles. The van der Waals surface area contributed by atoms with E-state index in [0.717, 1.165) is 10.1 Å². The first kappa shape index (κ1) is 11.2. The third-order valence-electron chi connectivity index (χ3n) is 2.27. The zero-order valence-corrected chi connectivity index (χ0v) is 10.3. The van der Waals surface area contributed by atoms with Crippen LogP contribution in [0.25, 0.3) is 10.1 Å². The first-order valence-corrected chi connectivity index (χ1v) is 5.76.